The first-order valence-corrected chi connectivity index (χ1v) is 14.9. The fourth-order valence-electron chi connectivity index (χ4n) is 5.24. The molecule has 2 aliphatic heterocycles. The van der Waals surface area contributed by atoms with Crippen LogP contribution in [0.5, 0.6) is 0 Å². The third-order valence-electron chi connectivity index (χ3n) is 7.02. The molecule has 3 aromatic carbocycles. The first kappa shape index (κ1) is 28.5. The van der Waals surface area contributed by atoms with Crippen molar-refractivity contribution in [2.24, 2.45) is 0 Å². The highest BCUT2D eigenvalue weighted by molar-refractivity contribution is 7.86. The van der Waals surface area contributed by atoms with Gasteiger partial charge in [0.15, 0.2) is 12.2 Å². The highest BCUT2D eigenvalue weighted by atomic mass is 32.2. The van der Waals surface area contributed by atoms with Gasteiger partial charge in [-0.15, -0.1) is 0 Å². The number of piperidine rings is 1. The van der Waals surface area contributed by atoms with Crippen LogP contribution in [0.2, 0.25) is 0 Å². The van der Waals surface area contributed by atoms with E-state index in [1.54, 1.807) is 91.0 Å². The molecule has 214 valence electrons. The SMILES string of the molecule is CS(=O)(=O)O[C@H]1[C@H](OC(=O)c2ccccc2)[C@@H](OC(=O)c2ccccc2)CN2CC[C@H](OC(=O)c3ccccc3)[C@H]12. The Labute approximate surface area is 237 Å². The van der Waals surface area contributed by atoms with E-state index < -0.39 is 58.5 Å². The van der Waals surface area contributed by atoms with Gasteiger partial charge in [0.05, 0.1) is 29.0 Å². The van der Waals surface area contributed by atoms with E-state index in [-0.39, 0.29) is 17.7 Å². The second-order valence-electron chi connectivity index (χ2n) is 9.89. The number of nitrogens with zero attached hydrogens (tertiary/aromatic N) is 1. The van der Waals surface area contributed by atoms with Crippen molar-refractivity contribution in [2.75, 3.05) is 19.3 Å². The van der Waals surface area contributed by atoms with E-state index in [1.165, 1.54) is 0 Å². The Morgan fingerprint density at radius 1 is 0.659 bits per heavy atom. The fraction of sp³-hybridized carbons (Fsp3) is 0.300. The number of fused-ring (bicyclic) bond motifs is 1. The van der Waals surface area contributed by atoms with E-state index in [0.29, 0.717) is 18.5 Å². The number of hydrogen-bond acceptors (Lipinski definition) is 10. The predicted molar refractivity (Wildman–Crippen MR) is 147 cm³/mol. The van der Waals surface area contributed by atoms with Gasteiger partial charge in [-0.05, 0) is 42.8 Å². The van der Waals surface area contributed by atoms with Gasteiger partial charge in [0, 0.05) is 13.1 Å². The minimum absolute atomic E-state index is 0.0962. The Kier molecular flexibility index (Phi) is 8.48. The van der Waals surface area contributed by atoms with Gasteiger partial charge in [0.1, 0.15) is 12.2 Å². The monoisotopic (exact) mass is 579 g/mol. The molecule has 2 fully saturated rings. The minimum atomic E-state index is -4.10. The second-order valence-corrected chi connectivity index (χ2v) is 11.5. The molecule has 41 heavy (non-hydrogen) atoms. The molecular formula is C30H29NO9S. The van der Waals surface area contributed by atoms with Crippen molar-refractivity contribution in [2.45, 2.75) is 36.9 Å². The summed E-state index contributed by atoms with van der Waals surface area (Å²) in [4.78, 5) is 41.0. The third-order valence-corrected chi connectivity index (χ3v) is 7.59. The molecule has 0 bridgehead atoms. The van der Waals surface area contributed by atoms with Crippen molar-refractivity contribution in [3.63, 3.8) is 0 Å². The first-order valence-electron chi connectivity index (χ1n) is 13.1. The normalized spacial score (nSPS) is 24.2. The molecule has 0 unspecified atom stereocenters. The van der Waals surface area contributed by atoms with Gasteiger partial charge in [0.2, 0.25) is 0 Å². The van der Waals surface area contributed by atoms with Crippen LogP contribution in [0.25, 0.3) is 0 Å². The van der Waals surface area contributed by atoms with Gasteiger partial charge >= 0.3 is 17.9 Å². The zero-order valence-corrected chi connectivity index (χ0v) is 23.0. The summed E-state index contributed by atoms with van der Waals surface area (Å²) in [7, 11) is -4.10. The molecule has 11 heteroatoms. The first-order chi connectivity index (χ1) is 19.7. The zero-order valence-electron chi connectivity index (χ0n) is 22.2. The van der Waals surface area contributed by atoms with E-state index in [9.17, 15) is 22.8 Å². The molecule has 0 aromatic heterocycles. The number of carbonyl (C=O) groups excluding carboxylic acids is 3. The molecule has 2 saturated heterocycles. The largest absolute Gasteiger partial charge is 0.457 e. The van der Waals surface area contributed by atoms with E-state index in [1.807, 2.05) is 4.90 Å². The third kappa shape index (κ3) is 6.82. The molecule has 3 aromatic rings. The van der Waals surface area contributed by atoms with Crippen LogP contribution in [0.1, 0.15) is 37.5 Å². The minimum Gasteiger partial charge on any atom is -0.457 e. The Morgan fingerprint density at radius 2 is 1.10 bits per heavy atom. The van der Waals surface area contributed by atoms with Crippen LogP contribution >= 0.6 is 0 Å². The lowest BCUT2D eigenvalue weighted by molar-refractivity contribution is -0.138. The van der Waals surface area contributed by atoms with Crippen molar-refractivity contribution in [3.05, 3.63) is 108 Å². The maximum atomic E-state index is 13.2. The molecule has 0 aliphatic carbocycles. The van der Waals surface area contributed by atoms with Crippen LogP contribution in [-0.4, -0.2) is 81.0 Å². The highest BCUT2D eigenvalue weighted by Gasteiger charge is 2.56. The van der Waals surface area contributed by atoms with Crippen LogP contribution in [0.3, 0.4) is 0 Å². The molecule has 0 spiro atoms. The Hall–Kier alpha value is -4.06. The maximum Gasteiger partial charge on any atom is 0.338 e. The lowest BCUT2D eigenvalue weighted by Crippen LogP contribution is -2.64. The number of benzene rings is 3. The van der Waals surface area contributed by atoms with Crippen molar-refractivity contribution in [1.29, 1.82) is 0 Å². The lowest BCUT2D eigenvalue weighted by atomic mass is 9.92. The van der Waals surface area contributed by atoms with E-state index >= 15 is 0 Å². The van der Waals surface area contributed by atoms with Crippen LogP contribution in [0.4, 0.5) is 0 Å². The van der Waals surface area contributed by atoms with Gasteiger partial charge in [-0.25, -0.2) is 14.4 Å². The van der Waals surface area contributed by atoms with Gasteiger partial charge < -0.3 is 14.2 Å². The molecule has 0 amide bonds. The highest BCUT2D eigenvalue weighted by Crippen LogP contribution is 2.36. The van der Waals surface area contributed by atoms with Crippen molar-refractivity contribution < 1.29 is 41.2 Å². The summed E-state index contributed by atoms with van der Waals surface area (Å²) in [6.07, 6.45) is -3.28. The van der Waals surface area contributed by atoms with Gasteiger partial charge in [-0.2, -0.15) is 8.42 Å². The fourth-order valence-corrected chi connectivity index (χ4v) is 5.86. The molecular weight excluding hydrogens is 550 g/mol. The Balaban J connectivity index is 1.48. The molecule has 5 atom stereocenters. The van der Waals surface area contributed by atoms with E-state index in [0.717, 1.165) is 6.26 Å². The van der Waals surface area contributed by atoms with Gasteiger partial charge in [-0.1, -0.05) is 54.6 Å². The van der Waals surface area contributed by atoms with Crippen molar-refractivity contribution in [3.8, 4) is 0 Å². The summed E-state index contributed by atoms with van der Waals surface area (Å²) in [6.45, 7) is 0.499. The summed E-state index contributed by atoms with van der Waals surface area (Å²) in [6, 6.07) is 24.1. The summed E-state index contributed by atoms with van der Waals surface area (Å²) < 4.78 is 48.0. The maximum absolute atomic E-state index is 13.2. The Bertz CT molecular complexity index is 1480. The molecule has 2 aliphatic rings. The quantitative estimate of drug-likeness (QED) is 0.223. The van der Waals surface area contributed by atoms with Crippen LogP contribution in [-0.2, 0) is 28.5 Å². The van der Waals surface area contributed by atoms with Gasteiger partial charge in [0.25, 0.3) is 10.1 Å². The summed E-state index contributed by atoms with van der Waals surface area (Å²) in [5, 5.41) is 0. The zero-order chi connectivity index (χ0) is 29.0. The summed E-state index contributed by atoms with van der Waals surface area (Å²) in [5.41, 5.74) is 0.836. The number of carbonyl (C=O) groups is 3. The number of hydrogen-bond donors (Lipinski definition) is 0. The average Bonchev–Trinajstić information content (AvgIpc) is 3.37. The van der Waals surface area contributed by atoms with Crippen LogP contribution in [0.15, 0.2) is 91.0 Å². The van der Waals surface area contributed by atoms with E-state index in [4.69, 9.17) is 18.4 Å². The molecule has 0 radical (unpaired) electrons. The molecule has 2 heterocycles. The van der Waals surface area contributed by atoms with E-state index in [2.05, 4.69) is 0 Å². The Morgan fingerprint density at radius 3 is 1.56 bits per heavy atom. The molecule has 5 rings (SSSR count). The molecule has 10 nitrogen and oxygen atoms in total. The lowest BCUT2D eigenvalue weighted by Gasteiger charge is -2.45. The van der Waals surface area contributed by atoms with Crippen LogP contribution in [0, 0.1) is 0 Å². The molecule has 0 N–H and O–H groups in total. The number of rotatable bonds is 8. The van der Waals surface area contributed by atoms with Crippen molar-refractivity contribution in [1.82, 2.24) is 4.90 Å². The van der Waals surface area contributed by atoms with Crippen molar-refractivity contribution >= 4 is 28.0 Å². The second kappa shape index (κ2) is 12.2. The predicted octanol–water partition coefficient (Wildman–Crippen LogP) is 3.10. The topological polar surface area (TPSA) is 126 Å². The van der Waals surface area contributed by atoms with Crippen LogP contribution < -0.4 is 0 Å². The van der Waals surface area contributed by atoms with Gasteiger partial charge in [-0.3, -0.25) is 9.08 Å². The number of ether oxygens (including phenoxy) is 3. The summed E-state index contributed by atoms with van der Waals surface area (Å²) >= 11 is 0. The number of esters is 3. The smallest absolute Gasteiger partial charge is 0.338 e. The molecule has 0 saturated carbocycles. The summed E-state index contributed by atoms with van der Waals surface area (Å²) in [5.74, 6) is -1.99. The standard InChI is InChI=1S/C30H29NO9S/c1-41(35,36)40-27-25-23(37-28(32)20-11-5-2-6-12-20)17-18-31(25)19-24(38-29(33)21-13-7-3-8-14-21)26(27)39-30(34)22-15-9-4-10-16-22/h2-16,23-27H,17-19H2,1H3/t23-,24-,25+,26+,27+/m0/s1. The average molecular weight is 580 g/mol.